The van der Waals surface area contributed by atoms with Crippen molar-refractivity contribution in [1.82, 2.24) is 10.2 Å². The summed E-state index contributed by atoms with van der Waals surface area (Å²) in [5.74, 6) is -0.954. The van der Waals surface area contributed by atoms with Gasteiger partial charge in [-0.25, -0.2) is 8.78 Å². The maximum absolute atomic E-state index is 12.9. The van der Waals surface area contributed by atoms with Gasteiger partial charge in [-0.2, -0.15) is 0 Å². The number of nitrogens with zero attached hydrogens (tertiary/aromatic N) is 1. The lowest BCUT2D eigenvalue weighted by Crippen LogP contribution is -2.40. The lowest BCUT2D eigenvalue weighted by molar-refractivity contribution is -0.134. The first-order chi connectivity index (χ1) is 13.9. The molecule has 0 radical (unpaired) electrons. The van der Waals surface area contributed by atoms with Gasteiger partial charge in [0.2, 0.25) is 5.91 Å². The van der Waals surface area contributed by atoms with Crippen LogP contribution in [0.5, 0.6) is 0 Å². The number of methoxy groups -OCH3 is 1. The standard InChI is InChI=1S/C21H23ClF2N2O3/c1-29-12-11-26(14-19(23)24)20(27)13-18(15-7-3-2-4-8-15)25-21(28)16-9-5-6-10-17(16)22/h2-10,18-19H,11-14H2,1H3,(H,25,28). The maximum atomic E-state index is 12.9. The van der Waals surface area contributed by atoms with Crippen LogP contribution < -0.4 is 5.32 Å². The van der Waals surface area contributed by atoms with Gasteiger partial charge in [-0.1, -0.05) is 54.1 Å². The van der Waals surface area contributed by atoms with E-state index in [4.69, 9.17) is 16.3 Å². The van der Waals surface area contributed by atoms with E-state index in [0.717, 1.165) is 4.90 Å². The first-order valence-electron chi connectivity index (χ1n) is 9.07. The van der Waals surface area contributed by atoms with E-state index in [2.05, 4.69) is 5.32 Å². The molecule has 0 fully saturated rings. The van der Waals surface area contributed by atoms with E-state index < -0.39 is 30.8 Å². The van der Waals surface area contributed by atoms with E-state index in [1.165, 1.54) is 7.11 Å². The summed E-state index contributed by atoms with van der Waals surface area (Å²) in [7, 11) is 1.43. The van der Waals surface area contributed by atoms with E-state index in [1.54, 1.807) is 54.6 Å². The third kappa shape index (κ3) is 7.11. The van der Waals surface area contributed by atoms with Crippen LogP contribution in [-0.2, 0) is 9.53 Å². The average Bonchev–Trinajstić information content (AvgIpc) is 2.71. The molecule has 1 N–H and O–H groups in total. The Balaban J connectivity index is 2.20. The van der Waals surface area contributed by atoms with Crippen molar-refractivity contribution in [2.75, 3.05) is 26.8 Å². The molecule has 0 aliphatic rings. The summed E-state index contributed by atoms with van der Waals surface area (Å²) in [6.07, 6.45) is -2.83. The number of alkyl halides is 2. The van der Waals surface area contributed by atoms with Crippen molar-refractivity contribution in [3.63, 3.8) is 0 Å². The molecule has 5 nitrogen and oxygen atoms in total. The Bertz CT molecular complexity index is 806. The average molecular weight is 425 g/mol. The molecule has 1 atom stereocenters. The highest BCUT2D eigenvalue weighted by atomic mass is 35.5. The van der Waals surface area contributed by atoms with Crippen LogP contribution >= 0.6 is 11.6 Å². The fourth-order valence-corrected chi connectivity index (χ4v) is 3.03. The molecule has 0 saturated carbocycles. The number of nitrogens with one attached hydrogen (secondary N) is 1. The molecular weight excluding hydrogens is 402 g/mol. The van der Waals surface area contributed by atoms with Gasteiger partial charge in [-0.3, -0.25) is 9.59 Å². The number of hydrogen-bond acceptors (Lipinski definition) is 3. The van der Waals surface area contributed by atoms with Crippen molar-refractivity contribution < 1.29 is 23.1 Å². The number of rotatable bonds is 10. The largest absolute Gasteiger partial charge is 0.383 e. The molecule has 0 spiro atoms. The van der Waals surface area contributed by atoms with Gasteiger partial charge in [-0.15, -0.1) is 0 Å². The quantitative estimate of drug-likeness (QED) is 0.628. The second kappa shape index (κ2) is 11.5. The zero-order valence-electron chi connectivity index (χ0n) is 16.0. The Kier molecular flexibility index (Phi) is 9.02. The Morgan fingerprint density at radius 2 is 1.76 bits per heavy atom. The molecule has 2 rings (SSSR count). The normalized spacial score (nSPS) is 11.9. The zero-order chi connectivity index (χ0) is 21.2. The molecule has 0 heterocycles. The monoisotopic (exact) mass is 424 g/mol. The van der Waals surface area contributed by atoms with Gasteiger partial charge in [0, 0.05) is 13.7 Å². The van der Waals surface area contributed by atoms with E-state index in [9.17, 15) is 18.4 Å². The lowest BCUT2D eigenvalue weighted by atomic mass is 10.0. The van der Waals surface area contributed by atoms with Crippen molar-refractivity contribution in [3.8, 4) is 0 Å². The van der Waals surface area contributed by atoms with Gasteiger partial charge in [0.15, 0.2) is 0 Å². The number of amides is 2. The van der Waals surface area contributed by atoms with E-state index in [-0.39, 0.29) is 30.2 Å². The van der Waals surface area contributed by atoms with Gasteiger partial charge >= 0.3 is 0 Å². The molecule has 0 aromatic heterocycles. The van der Waals surface area contributed by atoms with E-state index in [1.807, 2.05) is 0 Å². The molecule has 0 aliphatic heterocycles. The summed E-state index contributed by atoms with van der Waals surface area (Å²) < 4.78 is 30.7. The molecule has 0 aliphatic carbocycles. The van der Waals surface area contributed by atoms with Crippen LogP contribution in [0, 0.1) is 0 Å². The van der Waals surface area contributed by atoms with E-state index >= 15 is 0 Å². The summed E-state index contributed by atoms with van der Waals surface area (Å²) in [6.45, 7) is -0.512. The number of benzene rings is 2. The molecule has 2 amide bonds. The predicted molar refractivity (Wildman–Crippen MR) is 107 cm³/mol. The third-order valence-electron chi connectivity index (χ3n) is 4.28. The smallest absolute Gasteiger partial charge is 0.255 e. The molecule has 1 unspecified atom stereocenters. The number of halogens is 3. The maximum Gasteiger partial charge on any atom is 0.255 e. The summed E-state index contributed by atoms with van der Waals surface area (Å²) >= 11 is 6.09. The fraction of sp³-hybridized carbons (Fsp3) is 0.333. The fourth-order valence-electron chi connectivity index (χ4n) is 2.81. The van der Waals surface area contributed by atoms with Crippen LogP contribution in [0.2, 0.25) is 5.02 Å². The summed E-state index contributed by atoms with van der Waals surface area (Å²) in [4.78, 5) is 26.5. The highest BCUT2D eigenvalue weighted by Gasteiger charge is 2.25. The van der Waals surface area contributed by atoms with Gasteiger partial charge in [-0.05, 0) is 17.7 Å². The summed E-state index contributed by atoms with van der Waals surface area (Å²) in [5, 5.41) is 3.08. The van der Waals surface area contributed by atoms with Crippen LogP contribution in [-0.4, -0.2) is 49.9 Å². The molecule has 2 aromatic rings. The summed E-state index contributed by atoms with van der Waals surface area (Å²) in [5.41, 5.74) is 0.955. The van der Waals surface area contributed by atoms with Crippen molar-refractivity contribution in [2.24, 2.45) is 0 Å². The van der Waals surface area contributed by atoms with Crippen LogP contribution in [0.4, 0.5) is 8.78 Å². The van der Waals surface area contributed by atoms with Crippen LogP contribution in [0.1, 0.15) is 28.4 Å². The molecule has 29 heavy (non-hydrogen) atoms. The van der Waals surface area contributed by atoms with Crippen molar-refractivity contribution in [1.29, 1.82) is 0 Å². The molecular formula is C21H23ClF2N2O3. The molecule has 8 heteroatoms. The van der Waals surface area contributed by atoms with Crippen molar-refractivity contribution in [2.45, 2.75) is 18.9 Å². The molecule has 2 aromatic carbocycles. The van der Waals surface area contributed by atoms with E-state index in [0.29, 0.717) is 5.56 Å². The van der Waals surface area contributed by atoms with Crippen LogP contribution in [0.3, 0.4) is 0 Å². The minimum absolute atomic E-state index is 0.0413. The number of carbonyl (C=O) groups is 2. The first-order valence-corrected chi connectivity index (χ1v) is 9.45. The minimum Gasteiger partial charge on any atom is -0.383 e. The highest BCUT2D eigenvalue weighted by Crippen LogP contribution is 2.21. The number of hydrogen-bond donors (Lipinski definition) is 1. The Morgan fingerprint density at radius 3 is 2.38 bits per heavy atom. The second-order valence-electron chi connectivity index (χ2n) is 6.34. The van der Waals surface area contributed by atoms with Gasteiger partial charge in [0.1, 0.15) is 0 Å². The minimum atomic E-state index is -2.66. The Morgan fingerprint density at radius 1 is 1.10 bits per heavy atom. The molecule has 0 bridgehead atoms. The lowest BCUT2D eigenvalue weighted by Gasteiger charge is -2.26. The van der Waals surface area contributed by atoms with Gasteiger partial charge in [0.05, 0.1) is 36.2 Å². The Labute approximate surface area is 173 Å². The van der Waals surface area contributed by atoms with Crippen LogP contribution in [0.25, 0.3) is 0 Å². The molecule has 0 saturated heterocycles. The van der Waals surface area contributed by atoms with Gasteiger partial charge < -0.3 is 15.0 Å². The predicted octanol–water partition coefficient (Wildman–Crippen LogP) is 3.94. The topological polar surface area (TPSA) is 58.6 Å². The second-order valence-corrected chi connectivity index (χ2v) is 6.75. The first kappa shape index (κ1) is 22.8. The Hall–Kier alpha value is -2.51. The number of carbonyl (C=O) groups excluding carboxylic acids is 2. The zero-order valence-corrected chi connectivity index (χ0v) is 16.7. The van der Waals surface area contributed by atoms with Crippen molar-refractivity contribution >= 4 is 23.4 Å². The van der Waals surface area contributed by atoms with Crippen molar-refractivity contribution in [3.05, 3.63) is 70.7 Å². The highest BCUT2D eigenvalue weighted by molar-refractivity contribution is 6.33. The number of ether oxygens (including phenoxy) is 1. The summed E-state index contributed by atoms with van der Waals surface area (Å²) in [6, 6.07) is 14.7. The molecule has 156 valence electrons. The van der Waals surface area contributed by atoms with Crippen LogP contribution in [0.15, 0.2) is 54.6 Å². The van der Waals surface area contributed by atoms with Gasteiger partial charge in [0.25, 0.3) is 12.3 Å². The SMILES string of the molecule is COCCN(CC(F)F)C(=O)CC(NC(=O)c1ccccc1Cl)c1ccccc1. The third-order valence-corrected chi connectivity index (χ3v) is 4.61.